The summed E-state index contributed by atoms with van der Waals surface area (Å²) in [5.74, 6) is -0.882. The van der Waals surface area contributed by atoms with Gasteiger partial charge in [0.25, 0.3) is 10.0 Å². The maximum atomic E-state index is 12.7. The van der Waals surface area contributed by atoms with E-state index in [1.54, 1.807) is 13.0 Å². The number of anilines is 1. The summed E-state index contributed by atoms with van der Waals surface area (Å²) >= 11 is 0. The quantitative estimate of drug-likeness (QED) is 0.836. The van der Waals surface area contributed by atoms with Crippen LogP contribution in [0, 0.1) is 13.8 Å². The summed E-state index contributed by atoms with van der Waals surface area (Å²) in [4.78, 5) is 10.8. The number of carboxylic acids is 1. The molecular formula is C17H19NO5S. The Labute approximate surface area is 141 Å². The van der Waals surface area contributed by atoms with Gasteiger partial charge in [0.15, 0.2) is 0 Å². The van der Waals surface area contributed by atoms with E-state index in [9.17, 15) is 13.2 Å². The number of ether oxygens (including phenoxy) is 1. The molecular weight excluding hydrogens is 330 g/mol. The van der Waals surface area contributed by atoms with Gasteiger partial charge in [0.05, 0.1) is 19.2 Å². The lowest BCUT2D eigenvalue weighted by molar-refractivity contribution is -0.136. The van der Waals surface area contributed by atoms with E-state index in [1.165, 1.54) is 25.3 Å². The van der Waals surface area contributed by atoms with Crippen molar-refractivity contribution in [3.8, 4) is 5.75 Å². The van der Waals surface area contributed by atoms with E-state index in [2.05, 4.69) is 4.72 Å². The minimum atomic E-state index is -3.92. The van der Waals surface area contributed by atoms with Crippen molar-refractivity contribution in [3.05, 3.63) is 53.1 Å². The van der Waals surface area contributed by atoms with Crippen LogP contribution in [-0.4, -0.2) is 26.6 Å². The summed E-state index contributed by atoms with van der Waals surface area (Å²) in [5, 5.41) is 8.89. The second-order valence-electron chi connectivity index (χ2n) is 5.48. The summed E-state index contributed by atoms with van der Waals surface area (Å²) in [7, 11) is -2.56. The van der Waals surface area contributed by atoms with Gasteiger partial charge in [-0.05, 0) is 48.7 Å². The largest absolute Gasteiger partial charge is 0.495 e. The molecule has 0 fully saturated rings. The van der Waals surface area contributed by atoms with Crippen LogP contribution in [0.1, 0.15) is 16.7 Å². The maximum absolute atomic E-state index is 12.7. The molecule has 0 aliphatic heterocycles. The van der Waals surface area contributed by atoms with Crippen LogP contribution in [0.4, 0.5) is 5.69 Å². The summed E-state index contributed by atoms with van der Waals surface area (Å²) in [5.41, 5.74) is 2.56. The maximum Gasteiger partial charge on any atom is 0.307 e. The third-order valence-corrected chi connectivity index (χ3v) is 4.90. The number of aliphatic carboxylic acids is 1. The summed E-state index contributed by atoms with van der Waals surface area (Å²) in [6.45, 7) is 3.67. The molecule has 2 aromatic rings. The summed E-state index contributed by atoms with van der Waals surface area (Å²) < 4.78 is 33.1. The highest BCUT2D eigenvalue weighted by Gasteiger charge is 2.21. The molecule has 2 N–H and O–H groups in total. The molecule has 0 unspecified atom stereocenters. The van der Waals surface area contributed by atoms with Crippen LogP contribution in [0.15, 0.2) is 41.3 Å². The van der Waals surface area contributed by atoms with E-state index in [1.807, 2.05) is 19.1 Å². The van der Waals surface area contributed by atoms with Gasteiger partial charge >= 0.3 is 5.97 Å². The number of methoxy groups -OCH3 is 1. The second kappa shape index (κ2) is 6.92. The van der Waals surface area contributed by atoms with Crippen LogP contribution in [-0.2, 0) is 21.2 Å². The van der Waals surface area contributed by atoms with Crippen LogP contribution in [0.2, 0.25) is 0 Å². The fourth-order valence-electron chi connectivity index (χ4n) is 2.26. The van der Waals surface area contributed by atoms with E-state index in [-0.39, 0.29) is 17.1 Å². The molecule has 0 spiro atoms. The van der Waals surface area contributed by atoms with Crippen molar-refractivity contribution < 1.29 is 23.1 Å². The van der Waals surface area contributed by atoms with Crippen molar-refractivity contribution in [3.63, 3.8) is 0 Å². The monoisotopic (exact) mass is 349 g/mol. The highest BCUT2D eigenvalue weighted by molar-refractivity contribution is 7.92. The first-order chi connectivity index (χ1) is 11.2. The van der Waals surface area contributed by atoms with Crippen LogP contribution in [0.25, 0.3) is 0 Å². The van der Waals surface area contributed by atoms with Crippen molar-refractivity contribution in [1.82, 2.24) is 0 Å². The Hall–Kier alpha value is -2.54. The first kappa shape index (κ1) is 17.8. The zero-order chi connectivity index (χ0) is 17.9. The average Bonchev–Trinajstić information content (AvgIpc) is 2.50. The topological polar surface area (TPSA) is 92.7 Å². The normalized spacial score (nSPS) is 11.1. The lowest BCUT2D eigenvalue weighted by Gasteiger charge is -2.14. The van der Waals surface area contributed by atoms with Crippen molar-refractivity contribution >= 4 is 21.7 Å². The van der Waals surface area contributed by atoms with Crippen LogP contribution in [0.5, 0.6) is 5.75 Å². The molecule has 0 bridgehead atoms. The number of benzene rings is 2. The number of carboxylic acid groups (broad SMARTS) is 1. The van der Waals surface area contributed by atoms with Crippen LogP contribution >= 0.6 is 0 Å². The van der Waals surface area contributed by atoms with Crippen molar-refractivity contribution in [2.75, 3.05) is 11.8 Å². The Kier molecular flexibility index (Phi) is 5.14. The number of carbonyl (C=O) groups is 1. The van der Waals surface area contributed by atoms with E-state index in [4.69, 9.17) is 9.84 Å². The predicted octanol–water partition coefficient (Wildman–Crippen LogP) is 2.74. The molecule has 128 valence electrons. The molecule has 0 heterocycles. The van der Waals surface area contributed by atoms with Crippen molar-refractivity contribution in [2.24, 2.45) is 0 Å². The lowest BCUT2D eigenvalue weighted by Crippen LogP contribution is -2.15. The van der Waals surface area contributed by atoms with Gasteiger partial charge in [-0.15, -0.1) is 0 Å². The number of hydrogen-bond acceptors (Lipinski definition) is 4. The lowest BCUT2D eigenvalue weighted by atomic mass is 10.1. The van der Waals surface area contributed by atoms with E-state index < -0.39 is 16.0 Å². The SMILES string of the molecule is COc1ccc(CC(=O)O)cc1S(=O)(=O)Nc1cc(C)ccc1C. The molecule has 2 rings (SSSR count). The molecule has 0 aliphatic rings. The van der Waals surface area contributed by atoms with Gasteiger partial charge in [0, 0.05) is 0 Å². The predicted molar refractivity (Wildman–Crippen MR) is 91.1 cm³/mol. The number of sulfonamides is 1. The van der Waals surface area contributed by atoms with Crippen molar-refractivity contribution in [1.29, 1.82) is 0 Å². The number of aryl methyl sites for hydroxylation is 2. The fourth-order valence-corrected chi connectivity index (χ4v) is 3.60. The van der Waals surface area contributed by atoms with Crippen molar-refractivity contribution in [2.45, 2.75) is 25.2 Å². The molecule has 0 radical (unpaired) electrons. The summed E-state index contributed by atoms with van der Waals surface area (Å²) in [6.07, 6.45) is -0.268. The highest BCUT2D eigenvalue weighted by Crippen LogP contribution is 2.28. The molecule has 0 aromatic heterocycles. The van der Waals surface area contributed by atoms with Gasteiger partial charge in [-0.3, -0.25) is 9.52 Å². The van der Waals surface area contributed by atoms with Gasteiger partial charge in [-0.1, -0.05) is 18.2 Å². The zero-order valence-corrected chi connectivity index (χ0v) is 14.5. The number of nitrogens with one attached hydrogen (secondary N) is 1. The molecule has 0 saturated carbocycles. The summed E-state index contributed by atoms with van der Waals surface area (Å²) in [6, 6.07) is 9.76. The first-order valence-corrected chi connectivity index (χ1v) is 8.70. The van der Waals surface area contributed by atoms with E-state index in [0.29, 0.717) is 11.3 Å². The first-order valence-electron chi connectivity index (χ1n) is 7.21. The highest BCUT2D eigenvalue weighted by atomic mass is 32.2. The third kappa shape index (κ3) is 4.05. The Balaban J connectivity index is 2.47. The molecule has 0 atom stereocenters. The molecule has 2 aromatic carbocycles. The van der Waals surface area contributed by atoms with Gasteiger partial charge in [-0.25, -0.2) is 8.42 Å². The van der Waals surface area contributed by atoms with Gasteiger partial charge in [0.1, 0.15) is 10.6 Å². The standard InChI is InChI=1S/C17H19NO5S/c1-11-4-5-12(2)14(8-11)18-24(21,22)16-9-13(10-17(19)20)6-7-15(16)23-3/h4-9,18H,10H2,1-3H3,(H,19,20). The van der Waals surface area contributed by atoms with Gasteiger partial charge in [0.2, 0.25) is 0 Å². The smallest absolute Gasteiger partial charge is 0.307 e. The molecule has 7 heteroatoms. The number of hydrogen-bond donors (Lipinski definition) is 2. The van der Waals surface area contributed by atoms with Crippen LogP contribution in [0.3, 0.4) is 0 Å². The van der Waals surface area contributed by atoms with Crippen LogP contribution < -0.4 is 9.46 Å². The molecule has 24 heavy (non-hydrogen) atoms. The Morgan fingerprint density at radius 2 is 1.88 bits per heavy atom. The Morgan fingerprint density at radius 1 is 1.17 bits per heavy atom. The number of rotatable bonds is 6. The zero-order valence-electron chi connectivity index (χ0n) is 13.7. The van der Waals surface area contributed by atoms with E-state index >= 15 is 0 Å². The minimum Gasteiger partial charge on any atom is -0.495 e. The molecule has 6 nitrogen and oxygen atoms in total. The minimum absolute atomic E-state index is 0.0929. The Morgan fingerprint density at radius 3 is 2.50 bits per heavy atom. The van der Waals surface area contributed by atoms with Gasteiger partial charge in [-0.2, -0.15) is 0 Å². The second-order valence-corrected chi connectivity index (χ2v) is 7.13. The average molecular weight is 349 g/mol. The molecule has 0 amide bonds. The Bertz CT molecular complexity index is 875. The van der Waals surface area contributed by atoms with E-state index in [0.717, 1.165) is 11.1 Å². The van der Waals surface area contributed by atoms with Gasteiger partial charge < -0.3 is 9.84 Å². The third-order valence-electron chi connectivity index (χ3n) is 3.51. The fraction of sp³-hybridized carbons (Fsp3) is 0.235. The molecule has 0 saturated heterocycles. The molecule has 0 aliphatic carbocycles.